The topological polar surface area (TPSA) is 64.9 Å². The second-order valence-electron chi connectivity index (χ2n) is 6.93. The number of tetrazole rings is 1. The Morgan fingerprint density at radius 1 is 1.14 bits per heavy atom. The zero-order valence-corrected chi connectivity index (χ0v) is 17.3. The molecule has 0 amide bonds. The minimum Gasteiger partial charge on any atom is -0.434 e. The van der Waals surface area contributed by atoms with Crippen molar-refractivity contribution in [1.29, 1.82) is 0 Å². The molecule has 1 aliphatic rings. The molecule has 9 heteroatoms. The van der Waals surface area contributed by atoms with Crippen molar-refractivity contribution in [2.24, 2.45) is 0 Å². The third-order valence-electron chi connectivity index (χ3n) is 4.72. The summed E-state index contributed by atoms with van der Waals surface area (Å²) in [5.74, 6) is 0.916. The van der Waals surface area contributed by atoms with Crippen LogP contribution < -0.4 is 10.1 Å². The smallest absolute Gasteiger partial charge is 0.387 e. The normalized spacial score (nSPS) is 15.8. The zero-order valence-electron chi connectivity index (χ0n) is 15.7. The molecule has 2 aromatic carbocycles. The number of nitrogens with one attached hydrogen (secondary N) is 1. The molecule has 0 saturated heterocycles. The summed E-state index contributed by atoms with van der Waals surface area (Å²) in [5.41, 5.74) is 3.48. The van der Waals surface area contributed by atoms with Gasteiger partial charge in [-0.3, -0.25) is 0 Å². The van der Waals surface area contributed by atoms with Crippen LogP contribution in [0.25, 0.3) is 5.70 Å². The second kappa shape index (κ2) is 7.90. The van der Waals surface area contributed by atoms with Gasteiger partial charge in [-0.1, -0.05) is 59.1 Å². The Kier molecular flexibility index (Phi) is 5.31. The fourth-order valence-corrected chi connectivity index (χ4v) is 3.62. The summed E-state index contributed by atoms with van der Waals surface area (Å²) in [6, 6.07) is 12.5. The van der Waals surface area contributed by atoms with Crippen molar-refractivity contribution in [3.8, 4) is 5.75 Å². The second-order valence-corrected chi connectivity index (χ2v) is 7.85. The summed E-state index contributed by atoms with van der Waals surface area (Å²) in [6.45, 7) is 1.33. The van der Waals surface area contributed by atoms with Gasteiger partial charge in [0.25, 0.3) is 0 Å². The molecule has 1 N–H and O–H groups in total. The number of anilines is 1. The summed E-state index contributed by atoms with van der Waals surface area (Å²) in [7, 11) is 0. The highest BCUT2D eigenvalue weighted by Gasteiger charge is 2.27. The molecule has 1 aliphatic heterocycles. The number of rotatable bonds is 5. The van der Waals surface area contributed by atoms with Gasteiger partial charge in [0, 0.05) is 15.7 Å². The Hall–Kier alpha value is -2.81. The summed E-state index contributed by atoms with van der Waals surface area (Å²) < 4.78 is 32.9. The number of benzene rings is 2. The number of halogens is 3. The number of ether oxygens (including phenoxy) is 1. The first-order chi connectivity index (χ1) is 13.9. The van der Waals surface area contributed by atoms with Gasteiger partial charge in [-0.2, -0.15) is 13.5 Å². The molecule has 0 aliphatic carbocycles. The molecule has 1 aromatic heterocycles. The Labute approximate surface area is 174 Å². The first-order valence-electron chi connectivity index (χ1n) is 9.03. The molecule has 0 saturated carbocycles. The number of hydrogen-bond acceptors (Lipinski definition) is 5. The molecule has 1 atom stereocenters. The van der Waals surface area contributed by atoms with Gasteiger partial charge in [-0.15, -0.1) is 0 Å². The van der Waals surface area contributed by atoms with Crippen molar-refractivity contribution in [3.63, 3.8) is 0 Å². The van der Waals surface area contributed by atoms with Gasteiger partial charge < -0.3 is 10.1 Å². The van der Waals surface area contributed by atoms with E-state index in [0.717, 1.165) is 15.7 Å². The minimum atomic E-state index is -2.93. The van der Waals surface area contributed by atoms with Gasteiger partial charge in [-0.25, -0.2) is 0 Å². The van der Waals surface area contributed by atoms with E-state index in [1.807, 2.05) is 18.2 Å². The van der Waals surface area contributed by atoms with Crippen molar-refractivity contribution in [1.82, 2.24) is 20.2 Å². The van der Waals surface area contributed by atoms with Crippen LogP contribution in [0, 0.1) is 0 Å². The molecule has 4 rings (SSSR count). The largest absolute Gasteiger partial charge is 0.434 e. The van der Waals surface area contributed by atoms with Crippen molar-refractivity contribution in [2.75, 3.05) is 5.32 Å². The predicted molar refractivity (Wildman–Crippen MR) is 109 cm³/mol. The van der Waals surface area contributed by atoms with E-state index in [-0.39, 0.29) is 5.75 Å². The molecule has 150 valence electrons. The average Bonchev–Trinajstić information content (AvgIpc) is 3.17. The number of hydrogen-bond donors (Lipinski definition) is 1. The Morgan fingerprint density at radius 3 is 2.59 bits per heavy atom. The van der Waals surface area contributed by atoms with E-state index in [1.54, 1.807) is 12.1 Å². The van der Waals surface area contributed by atoms with Crippen LogP contribution in [0.15, 0.2) is 53.0 Å². The lowest BCUT2D eigenvalue weighted by atomic mass is 9.98. The van der Waals surface area contributed by atoms with Gasteiger partial charge in [0.1, 0.15) is 11.8 Å². The molecular formula is C20H18BrF2N5O. The van der Waals surface area contributed by atoms with Gasteiger partial charge in [-0.05, 0) is 51.7 Å². The molecule has 3 aromatic rings. The quantitative estimate of drug-likeness (QED) is 0.564. The monoisotopic (exact) mass is 461 g/mol. The minimum absolute atomic E-state index is 0.0716. The average molecular weight is 462 g/mol. The number of nitrogens with zero attached hydrogens (tertiary/aromatic N) is 4. The fraction of sp³-hybridized carbons (Fsp3) is 0.250. The lowest BCUT2D eigenvalue weighted by molar-refractivity contribution is -0.0506. The number of fused-ring (bicyclic) bond motifs is 1. The number of alkyl halides is 2. The van der Waals surface area contributed by atoms with Crippen LogP contribution in [-0.4, -0.2) is 26.8 Å². The Bertz CT molecular complexity index is 1050. The molecular weight excluding hydrogens is 444 g/mol. The van der Waals surface area contributed by atoms with Gasteiger partial charge >= 0.3 is 6.61 Å². The van der Waals surface area contributed by atoms with E-state index in [2.05, 4.69) is 62.8 Å². The van der Waals surface area contributed by atoms with Gasteiger partial charge in [0.15, 0.2) is 0 Å². The first-order valence-corrected chi connectivity index (χ1v) is 9.83. The van der Waals surface area contributed by atoms with Crippen LogP contribution in [0.5, 0.6) is 5.75 Å². The predicted octanol–water partition coefficient (Wildman–Crippen LogP) is 5.22. The summed E-state index contributed by atoms with van der Waals surface area (Å²) >= 11 is 3.40. The third-order valence-corrected chi connectivity index (χ3v) is 5.22. The van der Waals surface area contributed by atoms with Gasteiger partial charge in [0.2, 0.25) is 5.95 Å². The van der Waals surface area contributed by atoms with E-state index in [0.29, 0.717) is 17.4 Å². The molecule has 29 heavy (non-hydrogen) atoms. The van der Waals surface area contributed by atoms with E-state index < -0.39 is 12.7 Å². The Morgan fingerprint density at radius 2 is 1.90 bits per heavy atom. The van der Waals surface area contributed by atoms with Crippen molar-refractivity contribution in [2.45, 2.75) is 32.4 Å². The lowest BCUT2D eigenvalue weighted by Gasteiger charge is -2.25. The molecule has 2 heterocycles. The van der Waals surface area contributed by atoms with Crippen LogP contribution in [-0.2, 0) is 0 Å². The highest BCUT2D eigenvalue weighted by Crippen LogP contribution is 2.37. The molecule has 0 bridgehead atoms. The third kappa shape index (κ3) is 4.00. The van der Waals surface area contributed by atoms with E-state index >= 15 is 0 Å². The van der Waals surface area contributed by atoms with E-state index in [9.17, 15) is 8.78 Å². The van der Waals surface area contributed by atoms with Crippen molar-refractivity contribution >= 4 is 27.6 Å². The lowest BCUT2D eigenvalue weighted by Crippen LogP contribution is -2.21. The SMILES string of the molecule is CC(C)c1ccc(C2=CC(c3cc(Br)ccc3OC(F)F)n3nnnc3N2)cc1. The summed E-state index contributed by atoms with van der Waals surface area (Å²) in [5, 5.41) is 15.0. The van der Waals surface area contributed by atoms with E-state index in [1.165, 1.54) is 16.3 Å². The fourth-order valence-electron chi connectivity index (χ4n) is 3.25. The van der Waals surface area contributed by atoms with Crippen LogP contribution in [0.4, 0.5) is 14.7 Å². The van der Waals surface area contributed by atoms with E-state index in [4.69, 9.17) is 4.74 Å². The highest BCUT2D eigenvalue weighted by molar-refractivity contribution is 9.10. The maximum Gasteiger partial charge on any atom is 0.387 e. The molecule has 0 fully saturated rings. The van der Waals surface area contributed by atoms with Crippen molar-refractivity contribution < 1.29 is 13.5 Å². The molecule has 1 unspecified atom stereocenters. The van der Waals surface area contributed by atoms with Crippen LogP contribution in [0.1, 0.15) is 42.5 Å². The van der Waals surface area contributed by atoms with Gasteiger partial charge in [0.05, 0.1) is 0 Å². The molecule has 0 radical (unpaired) electrons. The van der Waals surface area contributed by atoms with Crippen LogP contribution in [0.2, 0.25) is 0 Å². The van der Waals surface area contributed by atoms with Crippen LogP contribution >= 0.6 is 15.9 Å². The summed E-state index contributed by atoms with van der Waals surface area (Å²) in [4.78, 5) is 0. The molecule has 6 nitrogen and oxygen atoms in total. The number of allylic oxidation sites excluding steroid dienone is 1. The van der Waals surface area contributed by atoms with Crippen LogP contribution in [0.3, 0.4) is 0 Å². The standard InChI is InChI=1S/C20H18BrF2N5O/c1-11(2)12-3-5-13(6-4-12)16-10-17(28-20(24-16)25-26-27-28)15-9-14(21)7-8-18(15)29-19(22)23/h3-11,17,19H,1-2H3,(H,24,25,27). The number of aromatic nitrogens is 4. The highest BCUT2D eigenvalue weighted by atomic mass is 79.9. The van der Waals surface area contributed by atoms with Crippen molar-refractivity contribution in [3.05, 3.63) is 69.7 Å². The maximum atomic E-state index is 12.9. The zero-order chi connectivity index (χ0) is 20.5. The Balaban J connectivity index is 1.79. The first kappa shape index (κ1) is 19.5. The maximum absolute atomic E-state index is 12.9. The molecule has 0 spiro atoms. The summed E-state index contributed by atoms with van der Waals surface area (Å²) in [6.07, 6.45) is 1.90.